The van der Waals surface area contributed by atoms with Crippen LogP contribution in [0.15, 0.2) is 0 Å². The molecule has 1 saturated carbocycles. The Labute approximate surface area is 139 Å². The molecule has 8 heteroatoms. The van der Waals surface area contributed by atoms with E-state index in [0.717, 1.165) is 18.0 Å². The number of hydrogen-bond donors (Lipinski definition) is 2. The summed E-state index contributed by atoms with van der Waals surface area (Å²) >= 11 is 0.922. The van der Waals surface area contributed by atoms with Crippen LogP contribution in [-0.2, 0) is 0 Å². The first-order chi connectivity index (χ1) is 11.0. The highest BCUT2D eigenvalue weighted by atomic mass is 32.1. The zero-order valence-corrected chi connectivity index (χ0v) is 14.3. The van der Waals surface area contributed by atoms with Gasteiger partial charge in [0.2, 0.25) is 5.88 Å². The number of hydrogen-bond acceptors (Lipinski definition) is 5. The second kappa shape index (κ2) is 8.14. The van der Waals surface area contributed by atoms with E-state index in [2.05, 4.69) is 9.69 Å². The van der Waals surface area contributed by atoms with Crippen LogP contribution in [0.5, 0.6) is 5.88 Å². The Morgan fingerprint density at radius 2 is 2.04 bits per heavy atom. The number of carbonyl (C=O) groups excluding carboxylic acids is 1. The molecule has 0 spiro atoms. The largest absolute Gasteiger partial charge is 0.477 e. The van der Waals surface area contributed by atoms with Gasteiger partial charge in [-0.2, -0.15) is 4.37 Å². The average molecular weight is 341 g/mol. The highest BCUT2D eigenvalue weighted by Crippen LogP contribution is 2.32. The van der Waals surface area contributed by atoms with Gasteiger partial charge >= 0.3 is 12.0 Å². The monoisotopic (exact) mass is 341 g/mol. The molecule has 1 aliphatic carbocycles. The first kappa shape index (κ1) is 17.5. The zero-order valence-electron chi connectivity index (χ0n) is 13.5. The van der Waals surface area contributed by atoms with Crippen molar-refractivity contribution in [3.05, 3.63) is 5.56 Å². The molecule has 1 heterocycles. The number of nitrogens with zero attached hydrogens (tertiary/aromatic N) is 2. The normalized spacial score (nSPS) is 15.2. The third-order valence-corrected chi connectivity index (χ3v) is 4.74. The molecule has 0 aliphatic heterocycles. The Hall–Kier alpha value is -1.83. The van der Waals surface area contributed by atoms with Gasteiger partial charge in [0.25, 0.3) is 0 Å². The number of aromatic carboxylic acids is 1. The lowest BCUT2D eigenvalue weighted by atomic mass is 9.87. The number of aromatic nitrogens is 1. The van der Waals surface area contributed by atoms with Gasteiger partial charge in [-0.25, -0.2) is 9.59 Å². The molecule has 0 bridgehead atoms. The van der Waals surface area contributed by atoms with Gasteiger partial charge in [-0.1, -0.05) is 32.1 Å². The molecule has 2 N–H and O–H groups in total. The smallest absolute Gasteiger partial charge is 0.344 e. The SMILES string of the molecule is CN(C)C(=O)Nc1snc(OCCC2CCCCC2)c1C(=O)O. The summed E-state index contributed by atoms with van der Waals surface area (Å²) < 4.78 is 9.62. The summed E-state index contributed by atoms with van der Waals surface area (Å²) in [5.74, 6) is -0.406. The van der Waals surface area contributed by atoms with Crippen LogP contribution in [-0.4, -0.2) is 47.1 Å². The molecule has 1 aromatic rings. The van der Waals surface area contributed by atoms with Crippen LogP contribution in [0, 0.1) is 5.92 Å². The highest BCUT2D eigenvalue weighted by Gasteiger charge is 2.24. The quantitative estimate of drug-likeness (QED) is 0.828. The van der Waals surface area contributed by atoms with E-state index in [-0.39, 0.29) is 16.4 Å². The Kier molecular flexibility index (Phi) is 6.20. The molecule has 23 heavy (non-hydrogen) atoms. The van der Waals surface area contributed by atoms with Crippen molar-refractivity contribution in [2.45, 2.75) is 38.5 Å². The lowest BCUT2D eigenvalue weighted by Gasteiger charge is -2.21. The summed E-state index contributed by atoms with van der Waals surface area (Å²) in [6.07, 6.45) is 7.19. The molecule has 0 unspecified atom stereocenters. The maximum absolute atomic E-state index is 11.7. The van der Waals surface area contributed by atoms with Crippen molar-refractivity contribution >= 4 is 28.5 Å². The van der Waals surface area contributed by atoms with Crippen molar-refractivity contribution in [1.82, 2.24) is 9.27 Å². The Balaban J connectivity index is 1.96. The van der Waals surface area contributed by atoms with Crippen molar-refractivity contribution in [2.75, 3.05) is 26.0 Å². The van der Waals surface area contributed by atoms with Crippen molar-refractivity contribution in [2.24, 2.45) is 5.92 Å². The van der Waals surface area contributed by atoms with E-state index in [9.17, 15) is 14.7 Å². The number of carbonyl (C=O) groups is 2. The number of carboxylic acids is 1. The highest BCUT2D eigenvalue weighted by molar-refractivity contribution is 7.11. The topological polar surface area (TPSA) is 91.8 Å². The number of ether oxygens (including phenoxy) is 1. The Morgan fingerprint density at radius 3 is 2.65 bits per heavy atom. The molecular formula is C15H23N3O4S. The molecule has 7 nitrogen and oxygen atoms in total. The van der Waals surface area contributed by atoms with Crippen molar-refractivity contribution in [3.8, 4) is 5.88 Å². The maximum atomic E-state index is 11.7. The average Bonchev–Trinajstić information content (AvgIpc) is 2.91. The number of anilines is 1. The van der Waals surface area contributed by atoms with Crippen LogP contribution in [0.25, 0.3) is 0 Å². The number of carboxylic acid groups (broad SMARTS) is 1. The van der Waals surface area contributed by atoms with Crippen molar-refractivity contribution in [1.29, 1.82) is 0 Å². The number of amides is 2. The van der Waals surface area contributed by atoms with Gasteiger partial charge in [0, 0.05) is 14.1 Å². The van der Waals surface area contributed by atoms with Gasteiger partial charge in [0.15, 0.2) is 5.56 Å². The number of urea groups is 1. The van der Waals surface area contributed by atoms with Crippen LogP contribution in [0.2, 0.25) is 0 Å². The minimum atomic E-state index is -1.15. The van der Waals surface area contributed by atoms with E-state index in [1.165, 1.54) is 37.0 Å². The summed E-state index contributed by atoms with van der Waals surface area (Å²) in [4.78, 5) is 24.4. The molecular weight excluding hydrogens is 318 g/mol. The minimum absolute atomic E-state index is 0.0751. The molecule has 2 amide bonds. The van der Waals surface area contributed by atoms with E-state index < -0.39 is 12.0 Å². The fourth-order valence-electron chi connectivity index (χ4n) is 2.65. The van der Waals surface area contributed by atoms with Crippen LogP contribution in [0.4, 0.5) is 9.80 Å². The first-order valence-electron chi connectivity index (χ1n) is 7.83. The molecule has 2 rings (SSSR count). The van der Waals surface area contributed by atoms with Crippen LogP contribution in [0.1, 0.15) is 48.9 Å². The minimum Gasteiger partial charge on any atom is -0.477 e. The summed E-state index contributed by atoms with van der Waals surface area (Å²) in [6, 6.07) is -0.398. The van der Waals surface area contributed by atoms with Crippen LogP contribution < -0.4 is 10.1 Å². The number of nitrogens with one attached hydrogen (secondary N) is 1. The van der Waals surface area contributed by atoms with Gasteiger partial charge in [0.05, 0.1) is 6.61 Å². The van der Waals surface area contributed by atoms with Gasteiger partial charge < -0.3 is 14.7 Å². The Bertz CT molecular complexity index is 553. The summed E-state index contributed by atoms with van der Waals surface area (Å²) in [5, 5.41) is 12.1. The molecule has 1 fully saturated rings. The number of rotatable bonds is 6. The molecule has 0 atom stereocenters. The van der Waals surface area contributed by atoms with E-state index in [1.807, 2.05) is 0 Å². The van der Waals surface area contributed by atoms with Gasteiger partial charge in [-0.05, 0) is 23.9 Å². The Morgan fingerprint density at radius 1 is 1.35 bits per heavy atom. The molecule has 128 valence electrons. The van der Waals surface area contributed by atoms with Gasteiger partial charge in [-0.15, -0.1) is 0 Å². The molecule has 0 radical (unpaired) electrons. The maximum Gasteiger partial charge on any atom is 0.344 e. The van der Waals surface area contributed by atoms with E-state index in [1.54, 1.807) is 14.1 Å². The van der Waals surface area contributed by atoms with Crippen LogP contribution in [0.3, 0.4) is 0 Å². The molecule has 1 aromatic heterocycles. The predicted molar refractivity (Wildman–Crippen MR) is 88.5 cm³/mol. The summed E-state index contributed by atoms with van der Waals surface area (Å²) in [7, 11) is 3.16. The second-order valence-electron chi connectivity index (χ2n) is 5.96. The first-order valence-corrected chi connectivity index (χ1v) is 8.60. The third-order valence-electron chi connectivity index (χ3n) is 3.99. The van der Waals surface area contributed by atoms with E-state index in [0.29, 0.717) is 12.5 Å². The predicted octanol–water partition coefficient (Wildman–Crippen LogP) is 3.28. The molecule has 1 aliphatic rings. The fraction of sp³-hybridized carbons (Fsp3) is 0.667. The van der Waals surface area contributed by atoms with Crippen molar-refractivity contribution in [3.63, 3.8) is 0 Å². The van der Waals surface area contributed by atoms with Crippen molar-refractivity contribution < 1.29 is 19.4 Å². The summed E-state index contributed by atoms with van der Waals surface area (Å²) in [6.45, 7) is 0.454. The molecule has 0 saturated heterocycles. The molecule has 0 aromatic carbocycles. The standard InChI is InChI=1S/C15H23N3O4S/c1-18(2)15(21)16-13-11(14(19)20)12(17-23-13)22-9-8-10-6-4-3-5-7-10/h10H,3-9H2,1-2H3,(H,16,21)(H,19,20). The van der Waals surface area contributed by atoms with Crippen LogP contribution >= 0.6 is 11.5 Å². The van der Waals surface area contributed by atoms with Gasteiger partial charge in [-0.3, -0.25) is 5.32 Å². The van der Waals surface area contributed by atoms with Gasteiger partial charge in [0.1, 0.15) is 5.00 Å². The zero-order chi connectivity index (χ0) is 16.8. The van der Waals surface area contributed by atoms with E-state index >= 15 is 0 Å². The fourth-order valence-corrected chi connectivity index (χ4v) is 3.37. The lowest BCUT2D eigenvalue weighted by Crippen LogP contribution is -2.27. The lowest BCUT2D eigenvalue weighted by molar-refractivity contribution is 0.0693. The summed E-state index contributed by atoms with van der Waals surface area (Å²) in [5.41, 5.74) is -0.0751. The third kappa shape index (κ3) is 4.82. The second-order valence-corrected chi connectivity index (χ2v) is 6.74. The van der Waals surface area contributed by atoms with E-state index in [4.69, 9.17) is 4.74 Å².